The average Bonchev–Trinajstić information content (AvgIpc) is 3.67. The summed E-state index contributed by atoms with van der Waals surface area (Å²) in [7, 11) is 3.11. The first-order valence-corrected chi connectivity index (χ1v) is 20.5. The third-order valence-corrected chi connectivity index (χ3v) is 10.8. The van der Waals surface area contributed by atoms with Gasteiger partial charge in [-0.1, -0.05) is 63.8 Å². The number of amides is 4. The smallest absolute Gasteiger partial charge is 0.326 e. The number of carboxylic acid groups (broad SMARTS) is 1. The summed E-state index contributed by atoms with van der Waals surface area (Å²) in [5.74, 6) is -3.77. The van der Waals surface area contributed by atoms with Gasteiger partial charge in [-0.05, 0) is 80.5 Å². The SMILES string of the molecule is CN[C@@H](CCCCCCC(Cl)Cl)[C@H](O)C(=O)N[C@H](Cc1ccc(O)cc1)C(=O)N(C)[C@@H](CC(C)C)C(=O)N1CCC[C@H]1C(=O)N[C@H](Cc1ccc(O)cc1)C(=O)O. The van der Waals surface area contributed by atoms with Crippen LogP contribution in [0.5, 0.6) is 11.5 Å². The number of aromatic hydroxyl groups is 2. The lowest BCUT2D eigenvalue weighted by molar-refractivity contribution is -0.150. The van der Waals surface area contributed by atoms with Gasteiger partial charge in [0.25, 0.3) is 5.91 Å². The fourth-order valence-corrected chi connectivity index (χ4v) is 7.39. The van der Waals surface area contributed by atoms with Crippen molar-refractivity contribution in [3.8, 4) is 11.5 Å². The summed E-state index contributed by atoms with van der Waals surface area (Å²) in [6.07, 6.45) is 3.97. The lowest BCUT2D eigenvalue weighted by atomic mass is 9.98. The van der Waals surface area contributed by atoms with Crippen molar-refractivity contribution in [2.45, 2.75) is 126 Å². The van der Waals surface area contributed by atoms with Gasteiger partial charge < -0.3 is 46.2 Å². The molecule has 0 aliphatic carbocycles. The second-order valence-electron chi connectivity index (χ2n) is 15.2. The summed E-state index contributed by atoms with van der Waals surface area (Å²) in [6, 6.07) is 6.99. The Morgan fingerprint density at radius 1 is 0.842 bits per heavy atom. The van der Waals surface area contributed by atoms with Crippen LogP contribution in [0.1, 0.15) is 82.8 Å². The summed E-state index contributed by atoms with van der Waals surface area (Å²) in [6.45, 7) is 4.00. The van der Waals surface area contributed by atoms with Crippen molar-refractivity contribution in [3.05, 3.63) is 59.7 Å². The van der Waals surface area contributed by atoms with Gasteiger partial charge in [-0.15, -0.1) is 23.2 Å². The number of halogens is 2. The van der Waals surface area contributed by atoms with Crippen LogP contribution >= 0.6 is 23.2 Å². The van der Waals surface area contributed by atoms with E-state index in [4.69, 9.17) is 23.2 Å². The summed E-state index contributed by atoms with van der Waals surface area (Å²) in [5.41, 5.74) is 1.19. The third-order valence-electron chi connectivity index (χ3n) is 10.3. The first-order chi connectivity index (χ1) is 27.0. The summed E-state index contributed by atoms with van der Waals surface area (Å²) in [5, 5.41) is 48.8. The molecular weight excluding hydrogens is 777 g/mol. The van der Waals surface area contributed by atoms with Gasteiger partial charge in [-0.25, -0.2) is 4.79 Å². The molecule has 1 saturated heterocycles. The number of aliphatic carboxylic acids is 1. The van der Waals surface area contributed by atoms with Crippen molar-refractivity contribution in [1.82, 2.24) is 25.8 Å². The zero-order valence-corrected chi connectivity index (χ0v) is 34.7. The Morgan fingerprint density at radius 2 is 1.39 bits per heavy atom. The van der Waals surface area contributed by atoms with Gasteiger partial charge in [0, 0.05) is 32.5 Å². The molecule has 1 fully saturated rings. The quantitative estimate of drug-likeness (QED) is 0.0635. The number of carboxylic acids is 1. The van der Waals surface area contributed by atoms with Gasteiger partial charge in [-0.3, -0.25) is 19.2 Å². The molecule has 2 aromatic carbocycles. The molecule has 0 spiro atoms. The Balaban J connectivity index is 1.80. The molecule has 316 valence electrons. The maximum Gasteiger partial charge on any atom is 0.326 e. The van der Waals surface area contributed by atoms with Crippen molar-refractivity contribution >= 4 is 52.8 Å². The second-order valence-corrected chi connectivity index (χ2v) is 16.5. The second kappa shape index (κ2) is 23.3. The Labute approximate surface area is 345 Å². The minimum atomic E-state index is -1.49. The number of likely N-dealkylation sites (N-methyl/N-ethyl adjacent to an activating group) is 2. The number of hydrogen-bond acceptors (Lipinski definition) is 9. The number of phenols is 2. The number of carbonyl (C=O) groups excluding carboxylic acids is 4. The van der Waals surface area contributed by atoms with Gasteiger partial charge in [0.2, 0.25) is 17.7 Å². The predicted octanol–water partition coefficient (Wildman–Crippen LogP) is 3.89. The normalized spacial score (nSPS) is 16.8. The number of likely N-dealkylation sites (tertiary alicyclic amines) is 1. The number of carbonyl (C=O) groups is 5. The molecule has 3 rings (SSSR count). The van der Waals surface area contributed by atoms with Crippen LogP contribution < -0.4 is 16.0 Å². The van der Waals surface area contributed by atoms with Crippen LogP contribution in [0, 0.1) is 5.92 Å². The van der Waals surface area contributed by atoms with E-state index in [9.17, 15) is 44.4 Å². The van der Waals surface area contributed by atoms with E-state index in [-0.39, 0.29) is 43.2 Å². The zero-order valence-electron chi connectivity index (χ0n) is 33.2. The van der Waals surface area contributed by atoms with Crippen LogP contribution in [-0.4, -0.2) is 122 Å². The minimum Gasteiger partial charge on any atom is -0.508 e. The molecule has 0 unspecified atom stereocenters. The van der Waals surface area contributed by atoms with Gasteiger partial charge in [0.15, 0.2) is 0 Å². The molecule has 1 aliphatic heterocycles. The molecule has 0 bridgehead atoms. The number of unbranched alkanes of at least 4 members (excludes halogenated alkanes) is 3. The lowest BCUT2D eigenvalue weighted by Gasteiger charge is -2.36. The number of rotatable bonds is 23. The molecule has 2 aromatic rings. The number of nitrogens with zero attached hydrogens (tertiary/aromatic N) is 2. The van der Waals surface area contributed by atoms with Crippen molar-refractivity contribution in [3.63, 3.8) is 0 Å². The lowest BCUT2D eigenvalue weighted by Crippen LogP contribution is -2.59. The summed E-state index contributed by atoms with van der Waals surface area (Å²) in [4.78, 5) is 70.4. The number of hydrogen-bond donors (Lipinski definition) is 7. The minimum absolute atomic E-state index is 0.0107. The monoisotopic (exact) mass is 835 g/mol. The van der Waals surface area contributed by atoms with E-state index in [0.717, 1.165) is 25.7 Å². The molecule has 14 nitrogen and oxygen atoms in total. The van der Waals surface area contributed by atoms with E-state index < -0.39 is 70.7 Å². The molecular formula is C41H59Cl2N5O9. The maximum atomic E-state index is 14.4. The fourth-order valence-electron chi connectivity index (χ4n) is 7.08. The van der Waals surface area contributed by atoms with Crippen LogP contribution in [0.3, 0.4) is 0 Å². The third kappa shape index (κ3) is 15.0. The Morgan fingerprint density at radius 3 is 1.89 bits per heavy atom. The molecule has 4 amide bonds. The number of alkyl halides is 2. The molecule has 0 aromatic heterocycles. The molecule has 6 atom stereocenters. The summed E-state index contributed by atoms with van der Waals surface area (Å²) < 4.78 is 0. The predicted molar refractivity (Wildman–Crippen MR) is 218 cm³/mol. The van der Waals surface area contributed by atoms with Crippen LogP contribution in [0.2, 0.25) is 0 Å². The Hall–Kier alpha value is -4.11. The van der Waals surface area contributed by atoms with Crippen LogP contribution in [0.25, 0.3) is 0 Å². The van der Waals surface area contributed by atoms with Crippen LogP contribution in [0.15, 0.2) is 48.5 Å². The highest BCUT2D eigenvalue weighted by atomic mass is 35.5. The zero-order chi connectivity index (χ0) is 42.2. The highest BCUT2D eigenvalue weighted by Crippen LogP contribution is 2.24. The van der Waals surface area contributed by atoms with Gasteiger partial charge in [-0.2, -0.15) is 0 Å². The Kier molecular flexibility index (Phi) is 19.3. The van der Waals surface area contributed by atoms with Crippen LogP contribution in [0.4, 0.5) is 0 Å². The topological polar surface area (TPSA) is 209 Å². The van der Waals surface area contributed by atoms with Crippen molar-refractivity contribution in [2.75, 3.05) is 20.6 Å². The van der Waals surface area contributed by atoms with E-state index >= 15 is 0 Å². The number of benzene rings is 2. The first-order valence-electron chi connectivity index (χ1n) is 19.6. The average molecular weight is 837 g/mol. The van der Waals surface area contributed by atoms with Gasteiger partial charge in [0.05, 0.1) is 0 Å². The highest BCUT2D eigenvalue weighted by Gasteiger charge is 2.42. The van der Waals surface area contributed by atoms with E-state index in [0.29, 0.717) is 36.8 Å². The molecule has 7 N–H and O–H groups in total. The van der Waals surface area contributed by atoms with Crippen LogP contribution in [-0.2, 0) is 36.8 Å². The number of phenolic OH excluding ortho intramolecular Hbond substituents is 2. The molecule has 1 aliphatic rings. The standard InChI is InChI=1S/C41H59Cl2N5O9/c1-25(2)22-34(40(55)48-21-9-11-33(48)37(52)46-32(41(56)57)24-27-15-19-29(50)20-16-27)47(4)39(54)31(23-26-13-17-28(49)18-14-26)45-38(53)36(51)30(44-3)10-7-5-6-8-12-35(42)43/h13-20,25,30-36,44,49-51H,5-12,21-24H2,1-4H3,(H,45,53)(H,46,52)(H,56,57)/t30-,31+,32+,33-,34-,36-/m0/s1. The first kappa shape index (κ1) is 47.3. The fraction of sp³-hybridized carbons (Fsp3) is 0.585. The van der Waals surface area contributed by atoms with E-state index in [1.165, 1.54) is 41.1 Å². The largest absolute Gasteiger partial charge is 0.508 e. The molecule has 0 saturated carbocycles. The van der Waals surface area contributed by atoms with E-state index in [1.54, 1.807) is 31.3 Å². The van der Waals surface area contributed by atoms with Gasteiger partial charge in [0.1, 0.15) is 46.6 Å². The molecule has 57 heavy (non-hydrogen) atoms. The molecule has 0 radical (unpaired) electrons. The van der Waals surface area contributed by atoms with Crippen molar-refractivity contribution in [1.29, 1.82) is 0 Å². The van der Waals surface area contributed by atoms with E-state index in [1.807, 2.05) is 13.8 Å². The highest BCUT2D eigenvalue weighted by molar-refractivity contribution is 6.44. The Bertz CT molecular complexity index is 1610. The number of aliphatic hydroxyl groups is 1. The summed E-state index contributed by atoms with van der Waals surface area (Å²) >= 11 is 11.6. The number of aliphatic hydroxyl groups excluding tert-OH is 1. The molecule has 16 heteroatoms. The van der Waals surface area contributed by atoms with E-state index in [2.05, 4.69) is 16.0 Å². The maximum absolute atomic E-state index is 14.4. The number of nitrogens with one attached hydrogen (secondary N) is 3. The van der Waals surface area contributed by atoms with Gasteiger partial charge >= 0.3 is 5.97 Å². The molecule has 1 heterocycles. The van der Waals surface area contributed by atoms with Crippen molar-refractivity contribution in [2.24, 2.45) is 5.92 Å². The van der Waals surface area contributed by atoms with Crippen molar-refractivity contribution < 1.29 is 44.4 Å².